The van der Waals surface area contributed by atoms with Crippen LogP contribution < -0.4 is 0 Å². The van der Waals surface area contributed by atoms with Gasteiger partial charge in [0, 0.05) is 19.2 Å². The zero-order valence-electron chi connectivity index (χ0n) is 9.85. The van der Waals surface area contributed by atoms with E-state index in [-0.39, 0.29) is 6.61 Å². The molecule has 0 bridgehead atoms. The first-order chi connectivity index (χ1) is 8.29. The molecular formula is C12H18ClN3O. The third kappa shape index (κ3) is 3.63. The molecule has 1 fully saturated rings. The number of likely N-dealkylation sites (tertiary alicyclic amines) is 1. The number of hydrogen-bond acceptors (Lipinski definition) is 4. The topological polar surface area (TPSA) is 49.2 Å². The molecule has 1 N–H and O–H groups in total. The minimum absolute atomic E-state index is 0.257. The molecular weight excluding hydrogens is 238 g/mol. The standard InChI is InChI=1S/C12H18ClN3O/c13-12-8-14-10(7-15-12)9-16-5-2-1-3-11(16)4-6-17/h7-8,11,17H,1-6,9H2. The van der Waals surface area contributed by atoms with E-state index in [0.717, 1.165) is 25.2 Å². The monoisotopic (exact) mass is 255 g/mol. The fourth-order valence-electron chi connectivity index (χ4n) is 2.37. The molecule has 1 aromatic rings. The summed E-state index contributed by atoms with van der Waals surface area (Å²) >= 11 is 5.71. The van der Waals surface area contributed by atoms with Gasteiger partial charge in [0.05, 0.1) is 18.1 Å². The van der Waals surface area contributed by atoms with Gasteiger partial charge in [-0.15, -0.1) is 0 Å². The predicted molar refractivity (Wildman–Crippen MR) is 66.8 cm³/mol. The highest BCUT2D eigenvalue weighted by molar-refractivity contribution is 6.29. The number of aliphatic hydroxyl groups excluding tert-OH is 1. The van der Waals surface area contributed by atoms with Crippen LogP contribution in [0.1, 0.15) is 31.4 Å². The van der Waals surface area contributed by atoms with E-state index in [2.05, 4.69) is 14.9 Å². The normalized spacial score (nSPS) is 21.6. The summed E-state index contributed by atoms with van der Waals surface area (Å²) in [7, 11) is 0. The smallest absolute Gasteiger partial charge is 0.147 e. The Balaban J connectivity index is 1.97. The van der Waals surface area contributed by atoms with Crippen molar-refractivity contribution in [2.75, 3.05) is 13.2 Å². The molecule has 0 aromatic carbocycles. The Labute approximate surface area is 107 Å². The second-order valence-electron chi connectivity index (χ2n) is 4.46. The molecule has 17 heavy (non-hydrogen) atoms. The van der Waals surface area contributed by atoms with Crippen LogP contribution in [0.15, 0.2) is 12.4 Å². The lowest BCUT2D eigenvalue weighted by atomic mass is 9.99. The zero-order chi connectivity index (χ0) is 12.1. The lowest BCUT2D eigenvalue weighted by molar-refractivity contribution is 0.111. The molecule has 1 unspecified atom stereocenters. The van der Waals surface area contributed by atoms with E-state index >= 15 is 0 Å². The van der Waals surface area contributed by atoms with Crippen LogP contribution in [0.2, 0.25) is 5.15 Å². The van der Waals surface area contributed by atoms with Gasteiger partial charge in [0.2, 0.25) is 0 Å². The van der Waals surface area contributed by atoms with Gasteiger partial charge in [-0.25, -0.2) is 4.98 Å². The van der Waals surface area contributed by atoms with Gasteiger partial charge in [-0.3, -0.25) is 9.88 Å². The van der Waals surface area contributed by atoms with Crippen molar-refractivity contribution in [2.45, 2.75) is 38.3 Å². The van der Waals surface area contributed by atoms with Crippen molar-refractivity contribution in [3.63, 3.8) is 0 Å². The van der Waals surface area contributed by atoms with Crippen molar-refractivity contribution < 1.29 is 5.11 Å². The molecule has 5 heteroatoms. The number of aromatic nitrogens is 2. The summed E-state index contributed by atoms with van der Waals surface area (Å²) in [5.74, 6) is 0. The highest BCUT2D eigenvalue weighted by Gasteiger charge is 2.22. The van der Waals surface area contributed by atoms with Crippen LogP contribution in [0.3, 0.4) is 0 Å². The summed E-state index contributed by atoms with van der Waals surface area (Å²) in [6.07, 6.45) is 7.81. The molecule has 0 spiro atoms. The Kier molecular flexibility index (Phi) is 4.71. The van der Waals surface area contributed by atoms with Gasteiger partial charge in [-0.05, 0) is 25.8 Å². The van der Waals surface area contributed by atoms with E-state index in [1.165, 1.54) is 19.3 Å². The van der Waals surface area contributed by atoms with Crippen LogP contribution in [-0.2, 0) is 6.54 Å². The summed E-state index contributed by atoms with van der Waals surface area (Å²) in [5.41, 5.74) is 0.944. The summed E-state index contributed by atoms with van der Waals surface area (Å²) in [5, 5.41) is 9.50. The molecule has 0 aliphatic carbocycles. The Morgan fingerprint density at radius 1 is 1.35 bits per heavy atom. The molecule has 0 saturated carbocycles. The first kappa shape index (κ1) is 12.7. The second kappa shape index (κ2) is 6.28. The quantitative estimate of drug-likeness (QED) is 0.892. The summed E-state index contributed by atoms with van der Waals surface area (Å²) in [4.78, 5) is 10.7. The van der Waals surface area contributed by atoms with E-state index < -0.39 is 0 Å². The van der Waals surface area contributed by atoms with E-state index in [4.69, 9.17) is 16.7 Å². The Bertz CT molecular complexity index is 342. The van der Waals surface area contributed by atoms with Crippen LogP contribution in [0.25, 0.3) is 0 Å². The average Bonchev–Trinajstić information content (AvgIpc) is 2.35. The molecule has 94 valence electrons. The van der Waals surface area contributed by atoms with Gasteiger partial charge in [0.1, 0.15) is 5.15 Å². The third-order valence-electron chi connectivity index (χ3n) is 3.25. The van der Waals surface area contributed by atoms with Gasteiger partial charge in [0.15, 0.2) is 0 Å². The van der Waals surface area contributed by atoms with Crippen molar-refractivity contribution in [3.8, 4) is 0 Å². The van der Waals surface area contributed by atoms with Crippen LogP contribution in [0, 0.1) is 0 Å². The van der Waals surface area contributed by atoms with Gasteiger partial charge >= 0.3 is 0 Å². The number of rotatable bonds is 4. The van der Waals surface area contributed by atoms with Crippen molar-refractivity contribution in [1.29, 1.82) is 0 Å². The lowest BCUT2D eigenvalue weighted by Crippen LogP contribution is -2.39. The molecule has 0 amide bonds. The molecule has 1 aliphatic heterocycles. The first-order valence-corrected chi connectivity index (χ1v) is 6.48. The van der Waals surface area contributed by atoms with Crippen LogP contribution >= 0.6 is 11.6 Å². The molecule has 1 saturated heterocycles. The number of aliphatic hydroxyl groups is 1. The Morgan fingerprint density at radius 2 is 2.24 bits per heavy atom. The first-order valence-electron chi connectivity index (χ1n) is 6.11. The fraction of sp³-hybridized carbons (Fsp3) is 0.667. The molecule has 1 aromatic heterocycles. The lowest BCUT2D eigenvalue weighted by Gasteiger charge is -2.35. The maximum Gasteiger partial charge on any atom is 0.147 e. The summed E-state index contributed by atoms with van der Waals surface area (Å²) in [6.45, 7) is 2.14. The number of hydrogen-bond donors (Lipinski definition) is 1. The van der Waals surface area contributed by atoms with Gasteiger partial charge < -0.3 is 5.11 Å². The fourth-order valence-corrected chi connectivity index (χ4v) is 2.47. The zero-order valence-corrected chi connectivity index (χ0v) is 10.6. The average molecular weight is 256 g/mol. The van der Waals surface area contributed by atoms with Gasteiger partial charge in [-0.1, -0.05) is 18.0 Å². The number of nitrogens with zero attached hydrogens (tertiary/aromatic N) is 3. The van der Waals surface area contributed by atoms with E-state index in [1.807, 2.05) is 0 Å². The number of piperidine rings is 1. The highest BCUT2D eigenvalue weighted by Crippen LogP contribution is 2.21. The molecule has 2 rings (SSSR count). The Morgan fingerprint density at radius 3 is 2.94 bits per heavy atom. The minimum atomic E-state index is 0.257. The molecule has 1 atom stereocenters. The highest BCUT2D eigenvalue weighted by atomic mass is 35.5. The predicted octanol–water partition coefficient (Wildman–Crippen LogP) is 1.87. The SMILES string of the molecule is OCCC1CCCCN1Cc1cnc(Cl)cn1. The molecule has 0 radical (unpaired) electrons. The van der Waals surface area contributed by atoms with Crippen LogP contribution in [0.5, 0.6) is 0 Å². The van der Waals surface area contributed by atoms with E-state index in [9.17, 15) is 0 Å². The summed E-state index contributed by atoms with van der Waals surface area (Å²) in [6, 6.07) is 0.478. The molecule has 4 nitrogen and oxygen atoms in total. The van der Waals surface area contributed by atoms with Crippen molar-refractivity contribution >= 4 is 11.6 Å². The van der Waals surface area contributed by atoms with Gasteiger partial charge in [-0.2, -0.15) is 0 Å². The van der Waals surface area contributed by atoms with E-state index in [1.54, 1.807) is 12.4 Å². The Hall–Kier alpha value is -0.710. The van der Waals surface area contributed by atoms with E-state index in [0.29, 0.717) is 11.2 Å². The van der Waals surface area contributed by atoms with Crippen molar-refractivity contribution in [2.24, 2.45) is 0 Å². The van der Waals surface area contributed by atoms with Crippen molar-refractivity contribution in [3.05, 3.63) is 23.2 Å². The van der Waals surface area contributed by atoms with Gasteiger partial charge in [0.25, 0.3) is 0 Å². The summed E-state index contributed by atoms with van der Waals surface area (Å²) < 4.78 is 0. The minimum Gasteiger partial charge on any atom is -0.396 e. The second-order valence-corrected chi connectivity index (χ2v) is 4.85. The maximum absolute atomic E-state index is 9.07. The largest absolute Gasteiger partial charge is 0.396 e. The van der Waals surface area contributed by atoms with Crippen LogP contribution in [0.4, 0.5) is 0 Å². The maximum atomic E-state index is 9.07. The molecule has 2 heterocycles. The third-order valence-corrected chi connectivity index (χ3v) is 3.45. The number of halogens is 1. The van der Waals surface area contributed by atoms with Crippen molar-refractivity contribution in [1.82, 2.24) is 14.9 Å². The van der Waals surface area contributed by atoms with Crippen LogP contribution in [-0.4, -0.2) is 39.2 Å². The molecule has 1 aliphatic rings.